The minimum atomic E-state index is -0.498. The van der Waals surface area contributed by atoms with Gasteiger partial charge < -0.3 is 15.1 Å². The smallest absolute Gasteiger partial charge is 0.350 e. The van der Waals surface area contributed by atoms with Crippen molar-refractivity contribution in [1.82, 2.24) is 9.96 Å². The van der Waals surface area contributed by atoms with E-state index in [1.165, 1.54) is 14.0 Å². The molecule has 222 valence electrons. The fourth-order valence-corrected chi connectivity index (χ4v) is 5.19. The first-order chi connectivity index (χ1) is 20.3. The number of rotatable bonds is 11. The quantitative estimate of drug-likeness (QED) is 0.271. The van der Waals surface area contributed by atoms with Crippen LogP contribution in [0.1, 0.15) is 37.3 Å². The molecule has 0 radical (unpaired) electrons. The summed E-state index contributed by atoms with van der Waals surface area (Å²) in [6, 6.07) is 23.6. The highest BCUT2D eigenvalue weighted by Gasteiger charge is 2.23. The first-order valence-electron chi connectivity index (χ1n) is 14.1. The van der Waals surface area contributed by atoms with E-state index in [-0.39, 0.29) is 18.3 Å². The maximum absolute atomic E-state index is 13.5. The van der Waals surface area contributed by atoms with Crippen molar-refractivity contribution in [3.63, 3.8) is 0 Å². The van der Waals surface area contributed by atoms with Crippen LogP contribution in [0.15, 0.2) is 78.9 Å². The Hall–Kier alpha value is -3.92. The predicted molar refractivity (Wildman–Crippen MR) is 163 cm³/mol. The Kier molecular flexibility index (Phi) is 11.3. The number of carbonyl (C=O) groups excluding carboxylic acids is 3. The van der Waals surface area contributed by atoms with Crippen LogP contribution in [0.5, 0.6) is 0 Å². The topological polar surface area (TPSA) is 91.4 Å². The lowest BCUT2D eigenvalue weighted by Crippen LogP contribution is -2.37. The third kappa shape index (κ3) is 9.04. The van der Waals surface area contributed by atoms with Crippen LogP contribution in [-0.4, -0.2) is 54.6 Å². The average molecular weight is 593 g/mol. The molecule has 1 N–H and O–H groups in total. The van der Waals surface area contributed by atoms with Gasteiger partial charge in [0.2, 0.25) is 5.91 Å². The molecule has 0 saturated carbocycles. The van der Waals surface area contributed by atoms with E-state index < -0.39 is 6.03 Å². The number of hydrogen-bond donors (Lipinski definition) is 1. The maximum Gasteiger partial charge on any atom is 0.350 e. The van der Waals surface area contributed by atoms with Crippen molar-refractivity contribution >= 4 is 40.9 Å². The summed E-state index contributed by atoms with van der Waals surface area (Å²) in [5.41, 5.74) is 2.91. The molecule has 1 heterocycles. The van der Waals surface area contributed by atoms with E-state index in [0.29, 0.717) is 48.5 Å². The van der Waals surface area contributed by atoms with E-state index in [1.807, 2.05) is 47.4 Å². The molecule has 42 heavy (non-hydrogen) atoms. The number of benzene rings is 3. The van der Waals surface area contributed by atoms with Crippen molar-refractivity contribution in [2.75, 3.05) is 37.1 Å². The molecule has 9 nitrogen and oxygen atoms in total. The van der Waals surface area contributed by atoms with Crippen LogP contribution in [0.3, 0.4) is 0 Å². The van der Waals surface area contributed by atoms with Crippen LogP contribution >= 0.6 is 11.6 Å². The SMILES string of the molecule is CON(C(=O)Nc1ccc(CC(=O)N(CCC2CCN(OC(C)=O)CC2)Cc2ccccc2)cc1)c1ccccc1Cl. The van der Waals surface area contributed by atoms with Crippen LogP contribution in [0.2, 0.25) is 5.02 Å². The van der Waals surface area contributed by atoms with Crippen LogP contribution < -0.4 is 10.4 Å². The predicted octanol–water partition coefficient (Wildman–Crippen LogP) is 6.09. The van der Waals surface area contributed by atoms with Gasteiger partial charge in [0.25, 0.3) is 0 Å². The van der Waals surface area contributed by atoms with E-state index in [1.54, 1.807) is 41.5 Å². The number of hydrogen-bond acceptors (Lipinski definition) is 6. The van der Waals surface area contributed by atoms with Crippen molar-refractivity contribution in [2.45, 2.75) is 39.2 Å². The minimum absolute atomic E-state index is 0.0391. The summed E-state index contributed by atoms with van der Waals surface area (Å²) in [5.74, 6) is 0.206. The average Bonchev–Trinajstić information content (AvgIpc) is 2.98. The zero-order chi connectivity index (χ0) is 29.9. The van der Waals surface area contributed by atoms with Crippen LogP contribution in [0.25, 0.3) is 0 Å². The largest absolute Gasteiger partial charge is 0.368 e. The first-order valence-corrected chi connectivity index (χ1v) is 14.4. The maximum atomic E-state index is 13.5. The lowest BCUT2D eigenvalue weighted by Gasteiger charge is -2.32. The molecule has 1 aliphatic rings. The highest BCUT2D eigenvalue weighted by atomic mass is 35.5. The minimum Gasteiger partial charge on any atom is -0.368 e. The highest BCUT2D eigenvalue weighted by Crippen LogP contribution is 2.26. The summed E-state index contributed by atoms with van der Waals surface area (Å²) in [4.78, 5) is 50.0. The third-order valence-corrected chi connectivity index (χ3v) is 7.53. The monoisotopic (exact) mass is 592 g/mol. The Morgan fingerprint density at radius 2 is 1.60 bits per heavy atom. The van der Waals surface area contributed by atoms with Crippen molar-refractivity contribution in [3.05, 3.63) is 95.0 Å². The molecule has 3 aromatic rings. The number of nitrogens with one attached hydrogen (secondary N) is 1. The molecule has 1 fully saturated rings. The zero-order valence-electron chi connectivity index (χ0n) is 24.0. The molecule has 1 saturated heterocycles. The number of carbonyl (C=O) groups is 3. The number of nitrogens with zero attached hydrogens (tertiary/aromatic N) is 3. The van der Waals surface area contributed by atoms with E-state index in [9.17, 15) is 14.4 Å². The summed E-state index contributed by atoms with van der Waals surface area (Å²) >= 11 is 6.22. The lowest BCUT2D eigenvalue weighted by molar-refractivity contribution is -0.194. The van der Waals surface area contributed by atoms with E-state index in [2.05, 4.69) is 5.32 Å². The van der Waals surface area contributed by atoms with E-state index >= 15 is 0 Å². The van der Waals surface area contributed by atoms with Gasteiger partial charge in [0.1, 0.15) is 0 Å². The van der Waals surface area contributed by atoms with Gasteiger partial charge in [0, 0.05) is 38.8 Å². The number of hydroxylamine groups is 3. The van der Waals surface area contributed by atoms with Gasteiger partial charge in [-0.05, 0) is 60.6 Å². The zero-order valence-corrected chi connectivity index (χ0v) is 24.8. The molecule has 1 aliphatic heterocycles. The second kappa shape index (κ2) is 15.3. The van der Waals surface area contributed by atoms with E-state index in [4.69, 9.17) is 21.3 Å². The van der Waals surface area contributed by atoms with Crippen LogP contribution in [-0.2, 0) is 32.2 Å². The molecule has 0 aliphatic carbocycles. The summed E-state index contributed by atoms with van der Waals surface area (Å²) in [5, 5.41) is 6.00. The number of urea groups is 1. The summed E-state index contributed by atoms with van der Waals surface area (Å²) < 4.78 is 0. The Morgan fingerprint density at radius 3 is 2.24 bits per heavy atom. The Morgan fingerprint density at radius 1 is 0.929 bits per heavy atom. The highest BCUT2D eigenvalue weighted by molar-refractivity contribution is 6.33. The number of piperidine rings is 1. The molecule has 10 heteroatoms. The normalized spacial score (nSPS) is 13.8. The molecular weight excluding hydrogens is 556 g/mol. The number of para-hydroxylation sites is 1. The van der Waals surface area contributed by atoms with Crippen molar-refractivity contribution in [1.29, 1.82) is 0 Å². The van der Waals surface area contributed by atoms with Gasteiger partial charge in [0.15, 0.2) is 0 Å². The Balaban J connectivity index is 1.35. The lowest BCUT2D eigenvalue weighted by atomic mass is 9.94. The molecule has 3 aromatic carbocycles. The van der Waals surface area contributed by atoms with Gasteiger partial charge >= 0.3 is 12.0 Å². The summed E-state index contributed by atoms with van der Waals surface area (Å²) in [6.45, 7) is 4.02. The summed E-state index contributed by atoms with van der Waals surface area (Å²) in [7, 11) is 1.39. The molecule has 3 amide bonds. The fraction of sp³-hybridized carbons (Fsp3) is 0.344. The van der Waals surface area contributed by atoms with Gasteiger partial charge in [-0.1, -0.05) is 66.2 Å². The van der Waals surface area contributed by atoms with Crippen molar-refractivity contribution < 1.29 is 24.1 Å². The Bertz CT molecular complexity index is 1330. The van der Waals surface area contributed by atoms with Crippen molar-refractivity contribution in [2.24, 2.45) is 5.92 Å². The number of amides is 3. The second-order valence-electron chi connectivity index (χ2n) is 10.3. The van der Waals surface area contributed by atoms with Crippen LogP contribution in [0, 0.1) is 5.92 Å². The fourth-order valence-electron chi connectivity index (χ4n) is 4.98. The number of halogens is 1. The third-order valence-electron chi connectivity index (χ3n) is 7.21. The van der Waals surface area contributed by atoms with E-state index in [0.717, 1.165) is 35.5 Å². The molecule has 0 unspecified atom stereocenters. The summed E-state index contributed by atoms with van der Waals surface area (Å²) in [6.07, 6.45) is 2.98. The molecular formula is C32H37ClN4O5. The number of anilines is 2. The van der Waals surface area contributed by atoms with Gasteiger partial charge in [-0.3, -0.25) is 14.4 Å². The molecule has 0 bridgehead atoms. The standard InChI is InChI=1S/C32H37ClN4O5/c1-24(38)42-36-20-17-25(18-21-36)16-19-35(23-27-8-4-3-5-9-27)31(39)22-26-12-14-28(15-13-26)34-32(40)37(41-2)30-11-7-6-10-29(30)33/h3-15,25H,16-23H2,1-2H3,(H,34,40). The van der Waals surface area contributed by atoms with Gasteiger partial charge in [-0.25, -0.2) is 4.79 Å². The van der Waals surface area contributed by atoms with Gasteiger partial charge in [-0.15, -0.1) is 5.06 Å². The molecule has 4 rings (SSSR count). The van der Waals surface area contributed by atoms with Gasteiger partial charge in [-0.2, -0.15) is 5.06 Å². The van der Waals surface area contributed by atoms with Crippen LogP contribution in [0.4, 0.5) is 16.2 Å². The van der Waals surface area contributed by atoms with Gasteiger partial charge in [0.05, 0.1) is 24.2 Å². The Labute approximate surface area is 251 Å². The van der Waals surface area contributed by atoms with Crippen molar-refractivity contribution in [3.8, 4) is 0 Å². The first kappa shape index (κ1) is 31.0. The second-order valence-corrected chi connectivity index (χ2v) is 10.7. The molecule has 0 atom stereocenters. The molecule has 0 spiro atoms. The molecule has 0 aromatic heterocycles.